The Bertz CT molecular complexity index is 231. The second kappa shape index (κ2) is 7.29. The van der Waals surface area contributed by atoms with Crippen molar-refractivity contribution in [3.63, 3.8) is 0 Å². The SMILES string of the molecule is C#N.O=COCc1ccccc1. The molecule has 0 aliphatic carbocycles. The Balaban J connectivity index is 0.000000561. The lowest BCUT2D eigenvalue weighted by atomic mass is 10.2. The van der Waals surface area contributed by atoms with E-state index in [1.165, 1.54) is 0 Å². The van der Waals surface area contributed by atoms with Crippen molar-refractivity contribution >= 4 is 6.47 Å². The van der Waals surface area contributed by atoms with Crippen LogP contribution in [-0.4, -0.2) is 6.47 Å². The molecule has 0 atom stereocenters. The molecule has 0 aliphatic rings. The summed E-state index contributed by atoms with van der Waals surface area (Å²) in [6, 6.07) is 9.55. The number of nitrogens with zero attached hydrogens (tertiary/aromatic N) is 1. The van der Waals surface area contributed by atoms with Gasteiger partial charge in [0.25, 0.3) is 6.47 Å². The van der Waals surface area contributed by atoms with E-state index in [4.69, 9.17) is 5.26 Å². The number of benzene rings is 1. The van der Waals surface area contributed by atoms with Gasteiger partial charge in [-0.3, -0.25) is 4.79 Å². The smallest absolute Gasteiger partial charge is 0.293 e. The van der Waals surface area contributed by atoms with Crippen molar-refractivity contribution in [2.75, 3.05) is 0 Å². The molecule has 62 valence electrons. The van der Waals surface area contributed by atoms with Gasteiger partial charge in [0.2, 0.25) is 0 Å². The molecule has 0 saturated heterocycles. The highest BCUT2D eigenvalue weighted by molar-refractivity contribution is 5.37. The summed E-state index contributed by atoms with van der Waals surface area (Å²) in [5, 5.41) is 6.50. The van der Waals surface area contributed by atoms with Crippen LogP contribution in [0.4, 0.5) is 0 Å². The highest BCUT2D eigenvalue weighted by Crippen LogP contribution is 1.98. The molecule has 1 aromatic rings. The third-order valence-corrected chi connectivity index (χ3v) is 1.16. The fourth-order valence-corrected chi connectivity index (χ4v) is 0.704. The van der Waals surface area contributed by atoms with Crippen molar-refractivity contribution in [1.82, 2.24) is 0 Å². The minimum Gasteiger partial charge on any atom is -0.463 e. The molecule has 0 spiro atoms. The molecule has 12 heavy (non-hydrogen) atoms. The van der Waals surface area contributed by atoms with E-state index in [-0.39, 0.29) is 0 Å². The predicted octanol–water partition coefficient (Wildman–Crippen LogP) is 1.50. The normalized spacial score (nSPS) is 7.50. The lowest BCUT2D eigenvalue weighted by Crippen LogP contribution is -1.88. The van der Waals surface area contributed by atoms with Crippen molar-refractivity contribution in [2.45, 2.75) is 6.61 Å². The number of ether oxygens (including phenoxy) is 1. The second-order valence-corrected chi connectivity index (χ2v) is 1.89. The lowest BCUT2D eigenvalue weighted by Gasteiger charge is -1.95. The van der Waals surface area contributed by atoms with Crippen LogP contribution in [0.1, 0.15) is 5.56 Å². The summed E-state index contributed by atoms with van der Waals surface area (Å²) < 4.78 is 4.54. The summed E-state index contributed by atoms with van der Waals surface area (Å²) in [5.74, 6) is 0. The minimum atomic E-state index is 0.365. The molecule has 3 nitrogen and oxygen atoms in total. The maximum absolute atomic E-state index is 9.76. The molecule has 0 fully saturated rings. The first-order valence-corrected chi connectivity index (χ1v) is 3.28. The third-order valence-electron chi connectivity index (χ3n) is 1.16. The zero-order chi connectivity index (χ0) is 9.23. The topological polar surface area (TPSA) is 50.1 Å². The number of hydrogen-bond donors (Lipinski definition) is 0. The molecule has 1 aromatic carbocycles. The minimum absolute atomic E-state index is 0.365. The van der Waals surface area contributed by atoms with E-state index in [9.17, 15) is 4.79 Å². The highest BCUT2D eigenvalue weighted by Gasteiger charge is 1.87. The van der Waals surface area contributed by atoms with Crippen LogP contribution in [0.2, 0.25) is 0 Å². The van der Waals surface area contributed by atoms with E-state index in [1.54, 1.807) is 0 Å². The Morgan fingerprint density at radius 2 is 1.92 bits per heavy atom. The van der Waals surface area contributed by atoms with Gasteiger partial charge < -0.3 is 4.74 Å². The molecule has 0 heterocycles. The van der Waals surface area contributed by atoms with Gasteiger partial charge in [-0.15, -0.1) is 0 Å². The first-order chi connectivity index (χ1) is 5.93. The molecule has 0 N–H and O–H groups in total. The largest absolute Gasteiger partial charge is 0.463 e. The van der Waals surface area contributed by atoms with E-state index >= 15 is 0 Å². The van der Waals surface area contributed by atoms with Crippen molar-refractivity contribution in [2.24, 2.45) is 0 Å². The molecule has 0 aromatic heterocycles. The Labute approximate surface area is 71.2 Å². The monoisotopic (exact) mass is 163 g/mol. The number of rotatable bonds is 3. The molecule has 0 bridgehead atoms. The van der Waals surface area contributed by atoms with Crippen LogP contribution >= 0.6 is 0 Å². The summed E-state index contributed by atoms with van der Waals surface area (Å²) in [7, 11) is 0. The van der Waals surface area contributed by atoms with E-state index in [0.717, 1.165) is 5.56 Å². The summed E-state index contributed by atoms with van der Waals surface area (Å²) in [4.78, 5) is 9.76. The average Bonchev–Trinajstić information content (AvgIpc) is 2.19. The van der Waals surface area contributed by atoms with Crippen LogP contribution in [0.5, 0.6) is 0 Å². The van der Waals surface area contributed by atoms with E-state index < -0.39 is 0 Å². The standard InChI is InChI=1S/C8H8O2.CHN/c9-7-10-6-8-4-2-1-3-5-8;1-2/h1-5,7H,6H2;1H. The van der Waals surface area contributed by atoms with Crippen LogP contribution in [0.3, 0.4) is 0 Å². The van der Waals surface area contributed by atoms with Gasteiger partial charge in [0, 0.05) is 6.57 Å². The van der Waals surface area contributed by atoms with Crippen molar-refractivity contribution in [1.29, 1.82) is 5.26 Å². The number of hydrogen-bond acceptors (Lipinski definition) is 3. The molecule has 0 saturated carbocycles. The average molecular weight is 163 g/mol. The van der Waals surface area contributed by atoms with Crippen LogP contribution in [0, 0.1) is 11.8 Å². The number of carbonyl (C=O) groups is 1. The van der Waals surface area contributed by atoms with Gasteiger partial charge in [-0.2, -0.15) is 0 Å². The molecule has 0 amide bonds. The quantitative estimate of drug-likeness (QED) is 0.634. The summed E-state index contributed by atoms with van der Waals surface area (Å²) in [5.41, 5.74) is 1.01. The predicted molar refractivity (Wildman–Crippen MR) is 44.0 cm³/mol. The van der Waals surface area contributed by atoms with Gasteiger partial charge in [-0.25, -0.2) is 5.26 Å². The summed E-state index contributed by atoms with van der Waals surface area (Å²) >= 11 is 0. The van der Waals surface area contributed by atoms with Crippen LogP contribution in [0.15, 0.2) is 30.3 Å². The molecule has 3 heteroatoms. The van der Waals surface area contributed by atoms with E-state index in [0.29, 0.717) is 13.1 Å². The molecule has 0 aliphatic heterocycles. The maximum atomic E-state index is 9.76. The Hall–Kier alpha value is -1.82. The Morgan fingerprint density at radius 3 is 2.42 bits per heavy atom. The van der Waals surface area contributed by atoms with E-state index in [2.05, 4.69) is 11.3 Å². The zero-order valence-electron chi connectivity index (χ0n) is 6.51. The first-order valence-electron chi connectivity index (χ1n) is 3.28. The molecule has 0 radical (unpaired) electrons. The fraction of sp³-hybridized carbons (Fsp3) is 0.111. The highest BCUT2D eigenvalue weighted by atomic mass is 16.5. The van der Waals surface area contributed by atoms with Gasteiger partial charge in [0.15, 0.2) is 0 Å². The van der Waals surface area contributed by atoms with Gasteiger partial charge in [-0.05, 0) is 5.56 Å². The third kappa shape index (κ3) is 4.07. The summed E-state index contributed by atoms with van der Waals surface area (Å²) in [6.45, 7) is 4.32. The second-order valence-electron chi connectivity index (χ2n) is 1.89. The van der Waals surface area contributed by atoms with Crippen LogP contribution < -0.4 is 0 Å². The fourth-order valence-electron chi connectivity index (χ4n) is 0.704. The van der Waals surface area contributed by atoms with Crippen LogP contribution in [0.25, 0.3) is 0 Å². The Kier molecular flexibility index (Phi) is 6.18. The zero-order valence-corrected chi connectivity index (χ0v) is 6.51. The number of carbonyl (C=O) groups excluding carboxylic acids is 1. The summed E-state index contributed by atoms with van der Waals surface area (Å²) in [6.07, 6.45) is 0. The molecule has 1 rings (SSSR count). The molecular formula is C9H9NO2. The maximum Gasteiger partial charge on any atom is 0.293 e. The lowest BCUT2D eigenvalue weighted by molar-refractivity contribution is -0.129. The van der Waals surface area contributed by atoms with Crippen LogP contribution in [-0.2, 0) is 16.1 Å². The van der Waals surface area contributed by atoms with Gasteiger partial charge in [0.05, 0.1) is 0 Å². The van der Waals surface area contributed by atoms with Crippen molar-refractivity contribution in [3.05, 3.63) is 35.9 Å². The first kappa shape index (κ1) is 10.2. The van der Waals surface area contributed by atoms with Crippen molar-refractivity contribution in [3.8, 4) is 6.57 Å². The Morgan fingerprint density at radius 1 is 1.33 bits per heavy atom. The van der Waals surface area contributed by atoms with Crippen molar-refractivity contribution < 1.29 is 9.53 Å². The molecular weight excluding hydrogens is 154 g/mol. The van der Waals surface area contributed by atoms with Gasteiger partial charge in [-0.1, -0.05) is 30.3 Å². The number of nitriles is 1. The van der Waals surface area contributed by atoms with Gasteiger partial charge in [0.1, 0.15) is 6.61 Å². The molecule has 0 unspecified atom stereocenters. The van der Waals surface area contributed by atoms with Gasteiger partial charge >= 0.3 is 0 Å². The van der Waals surface area contributed by atoms with E-state index in [1.807, 2.05) is 30.3 Å².